The molecule has 1 rings (SSSR count). The number of halogens is 2. The predicted octanol–water partition coefficient (Wildman–Crippen LogP) is 4.07. The number of ether oxygens (including phenoxy) is 1. The van der Waals surface area contributed by atoms with E-state index >= 15 is 0 Å². The Hall–Kier alpha value is -0.280. The number of aromatic nitrogens is 1. The monoisotopic (exact) mass is 277 g/mol. The van der Waals surface area contributed by atoms with Crippen LogP contribution in [0.4, 0.5) is 0 Å². The van der Waals surface area contributed by atoms with E-state index in [4.69, 9.17) is 16.3 Å². The summed E-state index contributed by atoms with van der Waals surface area (Å²) in [4.78, 5) is 4.07. The summed E-state index contributed by atoms with van der Waals surface area (Å²) >= 11 is 9.10. The zero-order valence-corrected chi connectivity index (χ0v) is 10.4. The molecule has 4 heteroatoms. The van der Waals surface area contributed by atoms with Crippen LogP contribution in [0.1, 0.15) is 26.2 Å². The molecule has 0 aliphatic carbocycles. The van der Waals surface area contributed by atoms with Crippen molar-refractivity contribution in [3.8, 4) is 5.88 Å². The van der Waals surface area contributed by atoms with Gasteiger partial charge in [0.15, 0.2) is 0 Å². The van der Waals surface area contributed by atoms with E-state index in [1.165, 1.54) is 12.8 Å². The zero-order valence-electron chi connectivity index (χ0n) is 8.09. The molecule has 0 spiro atoms. The average molecular weight is 279 g/mol. The van der Waals surface area contributed by atoms with Gasteiger partial charge in [-0.2, -0.15) is 0 Å². The summed E-state index contributed by atoms with van der Waals surface area (Å²) in [7, 11) is 0. The van der Waals surface area contributed by atoms with E-state index in [2.05, 4.69) is 27.8 Å². The first kappa shape index (κ1) is 11.8. The Bertz CT molecular complexity index is 293. The minimum Gasteiger partial charge on any atom is -0.477 e. The molecule has 0 atom stereocenters. The van der Waals surface area contributed by atoms with Gasteiger partial charge in [0.1, 0.15) is 0 Å². The zero-order chi connectivity index (χ0) is 10.4. The maximum atomic E-state index is 5.75. The normalized spacial score (nSPS) is 10.2. The van der Waals surface area contributed by atoms with E-state index in [0.717, 1.165) is 10.9 Å². The highest BCUT2D eigenvalue weighted by atomic mass is 79.9. The molecule has 0 N–H and O–H groups in total. The van der Waals surface area contributed by atoms with Crippen LogP contribution in [0.3, 0.4) is 0 Å². The lowest BCUT2D eigenvalue weighted by Gasteiger charge is -2.06. The molecule has 1 aromatic rings. The van der Waals surface area contributed by atoms with Crippen molar-refractivity contribution >= 4 is 27.5 Å². The fraction of sp³-hybridized carbons (Fsp3) is 0.500. The maximum Gasteiger partial charge on any atom is 0.228 e. The topological polar surface area (TPSA) is 22.1 Å². The van der Waals surface area contributed by atoms with Gasteiger partial charge in [0, 0.05) is 6.20 Å². The van der Waals surface area contributed by atoms with Crippen LogP contribution in [0.15, 0.2) is 16.7 Å². The van der Waals surface area contributed by atoms with Gasteiger partial charge in [0.05, 0.1) is 16.1 Å². The van der Waals surface area contributed by atoms with Crippen LogP contribution in [-0.4, -0.2) is 11.6 Å². The highest BCUT2D eigenvalue weighted by molar-refractivity contribution is 9.10. The molecule has 0 amide bonds. The number of pyridine rings is 1. The summed E-state index contributed by atoms with van der Waals surface area (Å²) in [5, 5.41) is 0.609. The molecule has 2 nitrogen and oxygen atoms in total. The first-order valence-corrected chi connectivity index (χ1v) is 5.85. The third-order valence-corrected chi connectivity index (χ3v) is 2.54. The molecule has 0 saturated heterocycles. The van der Waals surface area contributed by atoms with Gasteiger partial charge in [-0.05, 0) is 28.4 Å². The molecular formula is C10H13BrClNO. The Labute approximate surface area is 97.8 Å². The molecule has 0 fully saturated rings. The second-order valence-corrected chi connectivity index (χ2v) is 4.29. The summed E-state index contributed by atoms with van der Waals surface area (Å²) in [6.07, 6.45) is 5.03. The Morgan fingerprint density at radius 3 is 2.93 bits per heavy atom. The van der Waals surface area contributed by atoms with E-state index < -0.39 is 0 Å². The van der Waals surface area contributed by atoms with Crippen LogP contribution in [0.2, 0.25) is 5.02 Å². The van der Waals surface area contributed by atoms with Gasteiger partial charge in [-0.25, -0.2) is 4.98 Å². The van der Waals surface area contributed by atoms with Gasteiger partial charge in [0.25, 0.3) is 0 Å². The van der Waals surface area contributed by atoms with Crippen LogP contribution >= 0.6 is 27.5 Å². The third kappa shape index (κ3) is 3.84. The SMILES string of the molecule is CCCCCOc1ncc(Cl)cc1Br. The van der Waals surface area contributed by atoms with Gasteiger partial charge in [-0.15, -0.1) is 0 Å². The fourth-order valence-electron chi connectivity index (χ4n) is 1.03. The Balaban J connectivity index is 2.42. The van der Waals surface area contributed by atoms with Crippen molar-refractivity contribution in [2.75, 3.05) is 6.61 Å². The molecule has 0 saturated carbocycles. The molecule has 0 bridgehead atoms. The molecule has 78 valence electrons. The summed E-state index contributed by atoms with van der Waals surface area (Å²) in [6.45, 7) is 2.87. The van der Waals surface area contributed by atoms with Gasteiger partial charge in [-0.1, -0.05) is 31.4 Å². The summed E-state index contributed by atoms with van der Waals surface area (Å²) in [6, 6.07) is 1.78. The van der Waals surface area contributed by atoms with Gasteiger partial charge < -0.3 is 4.74 Å². The summed E-state index contributed by atoms with van der Waals surface area (Å²) in [5.41, 5.74) is 0. The first-order chi connectivity index (χ1) is 6.74. The summed E-state index contributed by atoms with van der Waals surface area (Å²) < 4.78 is 6.28. The van der Waals surface area contributed by atoms with Crippen LogP contribution < -0.4 is 4.74 Å². The lowest BCUT2D eigenvalue weighted by Crippen LogP contribution is -1.99. The van der Waals surface area contributed by atoms with E-state index in [0.29, 0.717) is 17.5 Å². The quantitative estimate of drug-likeness (QED) is 0.758. The van der Waals surface area contributed by atoms with Gasteiger partial charge >= 0.3 is 0 Å². The molecule has 14 heavy (non-hydrogen) atoms. The lowest BCUT2D eigenvalue weighted by atomic mass is 10.3. The maximum absolute atomic E-state index is 5.75. The summed E-state index contributed by atoms with van der Waals surface area (Å²) in [5.74, 6) is 0.616. The van der Waals surface area contributed by atoms with Crippen molar-refractivity contribution in [1.29, 1.82) is 0 Å². The number of unbranched alkanes of at least 4 members (excludes halogenated alkanes) is 2. The van der Waals surface area contributed by atoms with Crippen molar-refractivity contribution in [3.63, 3.8) is 0 Å². The molecule has 0 unspecified atom stereocenters. The number of hydrogen-bond acceptors (Lipinski definition) is 2. The predicted molar refractivity (Wildman–Crippen MR) is 62.0 cm³/mol. The largest absolute Gasteiger partial charge is 0.477 e. The highest BCUT2D eigenvalue weighted by Gasteiger charge is 2.02. The Morgan fingerprint density at radius 1 is 1.50 bits per heavy atom. The molecule has 1 aromatic heterocycles. The van der Waals surface area contributed by atoms with E-state index in [9.17, 15) is 0 Å². The Kier molecular flexibility index (Phi) is 5.26. The van der Waals surface area contributed by atoms with Crippen molar-refractivity contribution in [2.24, 2.45) is 0 Å². The number of nitrogens with zero attached hydrogens (tertiary/aromatic N) is 1. The second-order valence-electron chi connectivity index (χ2n) is 3.00. The molecule has 0 aliphatic rings. The van der Waals surface area contributed by atoms with Gasteiger partial charge in [0.2, 0.25) is 5.88 Å². The van der Waals surface area contributed by atoms with Crippen molar-refractivity contribution in [3.05, 3.63) is 21.8 Å². The van der Waals surface area contributed by atoms with Gasteiger partial charge in [-0.3, -0.25) is 0 Å². The smallest absolute Gasteiger partial charge is 0.228 e. The Morgan fingerprint density at radius 2 is 2.29 bits per heavy atom. The van der Waals surface area contributed by atoms with Crippen LogP contribution in [0, 0.1) is 0 Å². The second kappa shape index (κ2) is 6.25. The average Bonchev–Trinajstić information content (AvgIpc) is 2.15. The van der Waals surface area contributed by atoms with E-state index in [1.54, 1.807) is 12.3 Å². The standard InChI is InChI=1S/C10H13BrClNO/c1-2-3-4-5-14-10-9(11)6-8(12)7-13-10/h6-7H,2-5H2,1H3. The fourth-order valence-corrected chi connectivity index (χ4v) is 1.78. The lowest BCUT2D eigenvalue weighted by molar-refractivity contribution is 0.293. The highest BCUT2D eigenvalue weighted by Crippen LogP contribution is 2.25. The van der Waals surface area contributed by atoms with E-state index in [1.807, 2.05) is 0 Å². The van der Waals surface area contributed by atoms with Crippen LogP contribution in [-0.2, 0) is 0 Å². The first-order valence-electron chi connectivity index (χ1n) is 4.68. The minimum atomic E-state index is 0.609. The molecule has 0 radical (unpaired) electrons. The van der Waals surface area contributed by atoms with E-state index in [-0.39, 0.29) is 0 Å². The van der Waals surface area contributed by atoms with Crippen LogP contribution in [0.25, 0.3) is 0 Å². The van der Waals surface area contributed by atoms with Crippen molar-refractivity contribution in [2.45, 2.75) is 26.2 Å². The molecule has 1 heterocycles. The number of rotatable bonds is 5. The van der Waals surface area contributed by atoms with Crippen molar-refractivity contribution < 1.29 is 4.74 Å². The molecular weight excluding hydrogens is 265 g/mol. The van der Waals surface area contributed by atoms with Crippen LogP contribution in [0.5, 0.6) is 5.88 Å². The molecule has 0 aromatic carbocycles. The number of hydrogen-bond donors (Lipinski definition) is 0. The minimum absolute atomic E-state index is 0.609. The van der Waals surface area contributed by atoms with Crippen molar-refractivity contribution in [1.82, 2.24) is 4.98 Å². The third-order valence-electron chi connectivity index (χ3n) is 1.76. The molecule has 0 aliphatic heterocycles.